The monoisotopic (exact) mass is 233 g/mol. The minimum absolute atomic E-state index is 0. The Labute approximate surface area is 124 Å². The van der Waals surface area contributed by atoms with Gasteiger partial charge >= 0.3 is 0 Å². The Morgan fingerprint density at radius 3 is 2.60 bits per heavy atom. The molecule has 1 aliphatic rings. The van der Waals surface area contributed by atoms with E-state index in [0.29, 0.717) is 12.0 Å². The van der Waals surface area contributed by atoms with Gasteiger partial charge in [-0.1, -0.05) is 6.08 Å². The molecular formula is C10H18ArBN2O. The summed E-state index contributed by atoms with van der Waals surface area (Å²) in [4.78, 5) is 13.0. The summed E-state index contributed by atoms with van der Waals surface area (Å²) in [5.74, 6) is 0.559. The average molecular weight is 233 g/mol. The van der Waals surface area contributed by atoms with Gasteiger partial charge in [0.05, 0.1) is 0 Å². The number of hydrogen-bond acceptors (Lipinski definition) is 2. The number of hydrogen-bond donors (Lipinski definition) is 1. The maximum atomic E-state index is 11.1. The number of nitrogens with one attached hydrogen (secondary N) is 1. The Bertz CT molecular complexity index is 214. The Morgan fingerprint density at radius 1 is 1.60 bits per heavy atom. The largest absolute Gasteiger partial charge is 0.342 e. The quantitative estimate of drug-likeness (QED) is 0.547. The fourth-order valence-corrected chi connectivity index (χ4v) is 1.87. The standard InChI is InChI=1S/C10H18N2O.Ar.B/c1-4-9-7-12(8(2)13)6-5-10(9)11-3;;/h4,9-11H,1,5-7H2,2-3H3;;. The number of likely N-dealkylation sites (tertiary alicyclic amines) is 1. The van der Waals surface area contributed by atoms with Crippen LogP contribution in [0.3, 0.4) is 0 Å². The number of amides is 1. The van der Waals surface area contributed by atoms with E-state index in [0.717, 1.165) is 19.5 Å². The van der Waals surface area contributed by atoms with Crippen molar-refractivity contribution in [2.24, 2.45) is 5.92 Å². The van der Waals surface area contributed by atoms with Crippen molar-refractivity contribution in [3.63, 3.8) is 0 Å². The van der Waals surface area contributed by atoms with Crippen LogP contribution in [0.2, 0.25) is 0 Å². The molecule has 1 rings (SSSR count). The molecule has 3 nitrogen and oxygen atoms in total. The van der Waals surface area contributed by atoms with E-state index in [-0.39, 0.29) is 52.1 Å². The molecule has 0 aromatic rings. The predicted octanol–water partition coefficient (Wildman–Crippen LogP) is 0.248. The van der Waals surface area contributed by atoms with Crippen LogP contribution < -0.4 is 5.32 Å². The van der Waals surface area contributed by atoms with Crippen molar-refractivity contribution in [2.75, 3.05) is 20.1 Å². The first-order valence-corrected chi connectivity index (χ1v) is 4.74. The molecule has 2 unspecified atom stereocenters. The van der Waals surface area contributed by atoms with Crippen molar-refractivity contribution in [1.29, 1.82) is 0 Å². The van der Waals surface area contributed by atoms with Crippen LogP contribution in [0.4, 0.5) is 0 Å². The van der Waals surface area contributed by atoms with Gasteiger partial charge in [-0.05, 0) is 13.5 Å². The molecule has 1 amide bonds. The van der Waals surface area contributed by atoms with Crippen LogP contribution in [0, 0.1) is 43.7 Å². The van der Waals surface area contributed by atoms with Crippen molar-refractivity contribution in [3.8, 4) is 0 Å². The zero-order chi connectivity index (χ0) is 9.84. The van der Waals surface area contributed by atoms with E-state index in [9.17, 15) is 4.79 Å². The van der Waals surface area contributed by atoms with Gasteiger partial charge < -0.3 is 10.2 Å². The van der Waals surface area contributed by atoms with Crippen LogP contribution in [0.5, 0.6) is 0 Å². The molecule has 1 saturated heterocycles. The van der Waals surface area contributed by atoms with Gasteiger partial charge in [0.15, 0.2) is 0 Å². The normalized spacial score (nSPS) is 24.8. The molecule has 0 bridgehead atoms. The molecule has 1 fully saturated rings. The number of carbonyl (C=O) groups is 1. The van der Waals surface area contributed by atoms with Crippen molar-refractivity contribution in [3.05, 3.63) is 12.7 Å². The van der Waals surface area contributed by atoms with Gasteiger partial charge in [0, 0.05) is 78.1 Å². The van der Waals surface area contributed by atoms with Crippen LogP contribution in [0.1, 0.15) is 13.3 Å². The summed E-state index contributed by atoms with van der Waals surface area (Å²) in [6.45, 7) is 7.10. The van der Waals surface area contributed by atoms with Gasteiger partial charge in [0.25, 0.3) is 0 Å². The van der Waals surface area contributed by atoms with E-state index in [1.54, 1.807) is 6.92 Å². The summed E-state index contributed by atoms with van der Waals surface area (Å²) in [6, 6.07) is 0.480. The second kappa shape index (κ2) is 8.62. The third kappa shape index (κ3) is 4.90. The summed E-state index contributed by atoms with van der Waals surface area (Å²) < 4.78 is 0. The number of nitrogens with zero attached hydrogens (tertiary/aromatic N) is 1. The molecule has 85 valence electrons. The van der Waals surface area contributed by atoms with Gasteiger partial charge in [-0.2, -0.15) is 0 Å². The van der Waals surface area contributed by atoms with Crippen LogP contribution >= 0.6 is 0 Å². The second-order valence-electron chi connectivity index (χ2n) is 3.55. The summed E-state index contributed by atoms with van der Waals surface area (Å²) in [6.07, 6.45) is 2.96. The molecule has 0 aromatic carbocycles. The predicted molar refractivity (Wildman–Crippen MR) is 59.2 cm³/mol. The minimum Gasteiger partial charge on any atom is -0.342 e. The van der Waals surface area contributed by atoms with E-state index in [1.165, 1.54) is 0 Å². The Balaban J connectivity index is 0. The first-order chi connectivity index (χ1) is 6.19. The van der Waals surface area contributed by atoms with E-state index < -0.39 is 0 Å². The molecule has 2 atom stereocenters. The molecule has 1 aliphatic heterocycles. The molecule has 1 heterocycles. The molecule has 0 aromatic heterocycles. The van der Waals surface area contributed by atoms with Crippen molar-refractivity contribution < 1.29 is 42.5 Å². The molecule has 1 N–H and O–H groups in total. The molecule has 5 heteroatoms. The van der Waals surface area contributed by atoms with E-state index in [2.05, 4.69) is 11.9 Å². The minimum atomic E-state index is 0. The van der Waals surface area contributed by atoms with E-state index >= 15 is 0 Å². The smallest absolute Gasteiger partial charge is 0.219 e. The first kappa shape index (κ1) is 17.9. The molecule has 15 heavy (non-hydrogen) atoms. The fraction of sp³-hybridized carbons (Fsp3) is 0.700. The van der Waals surface area contributed by atoms with Gasteiger partial charge in [-0.15, -0.1) is 6.58 Å². The van der Waals surface area contributed by atoms with Crippen LogP contribution in [-0.2, 0) is 4.79 Å². The molecular weight excluding hydrogens is 215 g/mol. The zero-order valence-corrected chi connectivity index (χ0v) is 10.1. The number of piperidine rings is 1. The molecule has 0 spiro atoms. The van der Waals surface area contributed by atoms with Crippen molar-refractivity contribution >= 4 is 14.3 Å². The first-order valence-electron chi connectivity index (χ1n) is 4.74. The van der Waals surface area contributed by atoms with E-state index in [4.69, 9.17) is 0 Å². The number of rotatable bonds is 2. The summed E-state index contributed by atoms with van der Waals surface area (Å²) in [5, 5.41) is 3.26. The van der Waals surface area contributed by atoms with Gasteiger partial charge in [0.1, 0.15) is 0 Å². The molecule has 3 radical (unpaired) electrons. The average Bonchev–Trinajstić information content (AvgIpc) is 2.16. The zero-order valence-electron chi connectivity index (χ0n) is 9.35. The number of carbonyl (C=O) groups excluding carboxylic acids is 1. The second-order valence-corrected chi connectivity index (χ2v) is 3.55. The Morgan fingerprint density at radius 2 is 2.20 bits per heavy atom. The summed E-state index contributed by atoms with van der Waals surface area (Å²) >= 11 is 0. The SMILES string of the molecule is C=CC1CN(C(C)=O)CCC1NC.[Ar].[B]. The summed E-state index contributed by atoms with van der Waals surface area (Å²) in [5.41, 5.74) is 0. The molecule has 0 aliphatic carbocycles. The Kier molecular flexibility index (Phi) is 10.3. The maximum absolute atomic E-state index is 11.1. The van der Waals surface area contributed by atoms with Crippen LogP contribution in [0.25, 0.3) is 0 Å². The van der Waals surface area contributed by atoms with Gasteiger partial charge in [-0.25, -0.2) is 0 Å². The maximum Gasteiger partial charge on any atom is 0.219 e. The van der Waals surface area contributed by atoms with Crippen molar-refractivity contribution in [1.82, 2.24) is 10.2 Å². The van der Waals surface area contributed by atoms with Gasteiger partial charge in [-0.3, -0.25) is 4.79 Å². The summed E-state index contributed by atoms with van der Waals surface area (Å²) in [7, 11) is 1.96. The van der Waals surface area contributed by atoms with Gasteiger partial charge in [0.2, 0.25) is 5.91 Å². The molecule has 0 saturated carbocycles. The van der Waals surface area contributed by atoms with E-state index in [1.807, 2.05) is 18.0 Å². The van der Waals surface area contributed by atoms with Crippen molar-refractivity contribution in [2.45, 2.75) is 19.4 Å². The van der Waals surface area contributed by atoms with Crippen LogP contribution in [-0.4, -0.2) is 45.4 Å². The third-order valence-corrected chi connectivity index (χ3v) is 2.78. The Hall–Kier alpha value is 0.495. The topological polar surface area (TPSA) is 32.3 Å². The van der Waals surface area contributed by atoms with Crippen LogP contribution in [0.15, 0.2) is 12.7 Å². The fourth-order valence-electron chi connectivity index (χ4n) is 1.87. The third-order valence-electron chi connectivity index (χ3n) is 2.78.